The standard InChI is InChI=1S/C16H14ClF3N2O3S/c1-10-12(17)6-4-8-14(10)26(24,25)22-13-7-3-2-5-11(13)15(23)21-9-16(18,19)20/h2-8,22H,9H2,1H3,(H,21,23). The van der Waals surface area contributed by atoms with Gasteiger partial charge in [0.25, 0.3) is 15.9 Å². The number of carbonyl (C=O) groups is 1. The average Bonchev–Trinajstić information content (AvgIpc) is 2.54. The highest BCUT2D eigenvalue weighted by atomic mass is 35.5. The van der Waals surface area contributed by atoms with Crippen molar-refractivity contribution in [2.75, 3.05) is 11.3 Å². The molecule has 0 aromatic heterocycles. The number of rotatable bonds is 5. The van der Waals surface area contributed by atoms with Crippen molar-refractivity contribution in [3.63, 3.8) is 0 Å². The number of amides is 1. The van der Waals surface area contributed by atoms with Crippen LogP contribution in [0.4, 0.5) is 18.9 Å². The topological polar surface area (TPSA) is 75.3 Å². The summed E-state index contributed by atoms with van der Waals surface area (Å²) in [5.74, 6) is -1.05. The zero-order chi connectivity index (χ0) is 19.5. The van der Waals surface area contributed by atoms with Gasteiger partial charge in [-0.25, -0.2) is 8.42 Å². The van der Waals surface area contributed by atoms with Gasteiger partial charge >= 0.3 is 6.18 Å². The fourth-order valence-electron chi connectivity index (χ4n) is 2.12. The first kappa shape index (κ1) is 20.1. The average molecular weight is 407 g/mol. The van der Waals surface area contributed by atoms with Gasteiger partial charge in [0.1, 0.15) is 6.54 Å². The first-order valence-corrected chi connectivity index (χ1v) is 9.09. The number of benzene rings is 2. The second-order valence-electron chi connectivity index (χ2n) is 5.31. The van der Waals surface area contributed by atoms with E-state index in [4.69, 9.17) is 11.6 Å². The zero-order valence-corrected chi connectivity index (χ0v) is 15.0. The Hall–Kier alpha value is -2.26. The van der Waals surface area contributed by atoms with E-state index in [1.54, 1.807) is 5.32 Å². The third-order valence-corrected chi connectivity index (χ3v) is 5.29. The predicted octanol–water partition coefficient (Wildman–Crippen LogP) is 3.74. The van der Waals surface area contributed by atoms with Crippen molar-refractivity contribution in [1.82, 2.24) is 5.32 Å². The van der Waals surface area contributed by atoms with Crippen LogP contribution in [0.15, 0.2) is 47.4 Å². The Kier molecular flexibility index (Phi) is 5.82. The van der Waals surface area contributed by atoms with E-state index in [1.165, 1.54) is 49.4 Å². The summed E-state index contributed by atoms with van der Waals surface area (Å²) >= 11 is 5.93. The Morgan fingerprint density at radius 1 is 1.12 bits per heavy atom. The Morgan fingerprint density at radius 2 is 1.77 bits per heavy atom. The maximum Gasteiger partial charge on any atom is 0.405 e. The normalized spacial score (nSPS) is 11.9. The molecule has 2 aromatic rings. The van der Waals surface area contributed by atoms with E-state index < -0.39 is 28.7 Å². The minimum Gasteiger partial charge on any atom is -0.343 e. The minimum absolute atomic E-state index is 0.101. The van der Waals surface area contributed by atoms with E-state index in [0.29, 0.717) is 5.56 Å². The molecule has 26 heavy (non-hydrogen) atoms. The predicted molar refractivity (Wildman–Crippen MR) is 91.8 cm³/mol. The van der Waals surface area contributed by atoms with Crippen LogP contribution in [0.3, 0.4) is 0 Å². The van der Waals surface area contributed by atoms with Crippen LogP contribution in [0.25, 0.3) is 0 Å². The highest BCUT2D eigenvalue weighted by Crippen LogP contribution is 2.26. The Bertz CT molecular complexity index is 931. The SMILES string of the molecule is Cc1c(Cl)cccc1S(=O)(=O)Nc1ccccc1C(=O)NCC(F)(F)F. The van der Waals surface area contributed by atoms with Crippen molar-refractivity contribution in [2.24, 2.45) is 0 Å². The quantitative estimate of drug-likeness (QED) is 0.794. The molecule has 2 rings (SSSR count). The van der Waals surface area contributed by atoms with Crippen LogP contribution < -0.4 is 10.0 Å². The Balaban J connectivity index is 2.33. The molecule has 10 heteroatoms. The first-order chi connectivity index (χ1) is 12.0. The maximum atomic E-state index is 12.6. The molecule has 0 spiro atoms. The van der Waals surface area contributed by atoms with Crippen molar-refractivity contribution in [3.05, 3.63) is 58.6 Å². The third-order valence-electron chi connectivity index (χ3n) is 3.37. The van der Waals surface area contributed by atoms with Crippen LogP contribution >= 0.6 is 11.6 Å². The van der Waals surface area contributed by atoms with Gasteiger partial charge in [-0.1, -0.05) is 29.8 Å². The summed E-state index contributed by atoms with van der Waals surface area (Å²) < 4.78 is 64.2. The number of hydrogen-bond donors (Lipinski definition) is 2. The lowest BCUT2D eigenvalue weighted by atomic mass is 10.1. The van der Waals surface area contributed by atoms with Crippen molar-refractivity contribution in [1.29, 1.82) is 0 Å². The number of nitrogens with one attached hydrogen (secondary N) is 2. The number of hydrogen-bond acceptors (Lipinski definition) is 3. The van der Waals surface area contributed by atoms with Crippen LogP contribution in [-0.2, 0) is 10.0 Å². The van der Waals surface area contributed by atoms with Crippen LogP contribution in [0.2, 0.25) is 5.02 Å². The van der Waals surface area contributed by atoms with E-state index >= 15 is 0 Å². The minimum atomic E-state index is -4.58. The number of carbonyl (C=O) groups excluding carboxylic acids is 1. The summed E-state index contributed by atoms with van der Waals surface area (Å²) in [5.41, 5.74) is -0.0766. The fraction of sp³-hybridized carbons (Fsp3) is 0.188. The molecule has 0 fully saturated rings. The van der Waals surface area contributed by atoms with Gasteiger partial charge in [0.15, 0.2) is 0 Å². The smallest absolute Gasteiger partial charge is 0.343 e. The molecule has 0 bridgehead atoms. The van der Waals surface area contributed by atoms with E-state index in [2.05, 4.69) is 4.72 Å². The lowest BCUT2D eigenvalue weighted by Crippen LogP contribution is -2.34. The lowest BCUT2D eigenvalue weighted by Gasteiger charge is -2.15. The van der Waals surface area contributed by atoms with Gasteiger partial charge in [-0.15, -0.1) is 0 Å². The van der Waals surface area contributed by atoms with Crippen LogP contribution in [0.5, 0.6) is 0 Å². The van der Waals surface area contributed by atoms with Crippen LogP contribution in [0.1, 0.15) is 15.9 Å². The molecule has 0 aliphatic carbocycles. The Labute approximate surface area is 153 Å². The van der Waals surface area contributed by atoms with Crippen molar-refractivity contribution >= 4 is 33.2 Å². The molecular weight excluding hydrogens is 393 g/mol. The summed E-state index contributed by atoms with van der Waals surface area (Å²) in [7, 11) is -4.10. The Morgan fingerprint density at radius 3 is 2.42 bits per heavy atom. The molecule has 0 heterocycles. The summed E-state index contributed by atoms with van der Waals surface area (Å²) in [6.45, 7) is -0.0147. The molecule has 0 saturated heterocycles. The number of sulfonamides is 1. The molecule has 0 unspecified atom stereocenters. The van der Waals surface area contributed by atoms with E-state index in [1.807, 2.05) is 0 Å². The summed E-state index contributed by atoms with van der Waals surface area (Å²) in [6, 6.07) is 9.65. The van der Waals surface area contributed by atoms with Gasteiger partial charge in [-0.2, -0.15) is 13.2 Å². The van der Waals surface area contributed by atoms with Gasteiger partial charge in [0.05, 0.1) is 16.1 Å². The second kappa shape index (κ2) is 7.55. The molecule has 1 amide bonds. The summed E-state index contributed by atoms with van der Waals surface area (Å²) in [5, 5.41) is 1.95. The molecule has 0 saturated carbocycles. The summed E-state index contributed by atoms with van der Waals surface area (Å²) in [4.78, 5) is 11.9. The van der Waals surface area contributed by atoms with E-state index in [9.17, 15) is 26.4 Å². The first-order valence-electron chi connectivity index (χ1n) is 7.23. The van der Waals surface area contributed by atoms with Gasteiger partial charge in [-0.3, -0.25) is 9.52 Å². The third kappa shape index (κ3) is 4.89. The van der Waals surface area contributed by atoms with Crippen molar-refractivity contribution in [3.8, 4) is 0 Å². The van der Waals surface area contributed by atoms with Gasteiger partial charge < -0.3 is 5.32 Å². The molecule has 0 aliphatic rings. The highest BCUT2D eigenvalue weighted by molar-refractivity contribution is 7.92. The molecule has 5 nitrogen and oxygen atoms in total. The van der Waals surface area contributed by atoms with Gasteiger partial charge in [0, 0.05) is 5.02 Å². The fourth-order valence-corrected chi connectivity index (χ4v) is 3.70. The monoisotopic (exact) mass is 406 g/mol. The molecule has 0 atom stereocenters. The second-order valence-corrected chi connectivity index (χ2v) is 7.37. The highest BCUT2D eigenvalue weighted by Gasteiger charge is 2.28. The maximum absolute atomic E-state index is 12.6. The molecule has 140 valence electrons. The van der Waals surface area contributed by atoms with E-state index in [-0.39, 0.29) is 21.2 Å². The number of halogens is 4. The van der Waals surface area contributed by atoms with Crippen molar-refractivity contribution < 1.29 is 26.4 Å². The van der Waals surface area contributed by atoms with Gasteiger partial charge in [-0.05, 0) is 36.8 Å². The van der Waals surface area contributed by atoms with Gasteiger partial charge in [0.2, 0.25) is 0 Å². The molecular formula is C16H14ClF3N2O3S. The molecule has 2 aromatic carbocycles. The number of alkyl halides is 3. The van der Waals surface area contributed by atoms with Crippen molar-refractivity contribution in [2.45, 2.75) is 18.0 Å². The zero-order valence-electron chi connectivity index (χ0n) is 13.4. The number of anilines is 1. The van der Waals surface area contributed by atoms with E-state index in [0.717, 1.165) is 0 Å². The summed E-state index contributed by atoms with van der Waals surface area (Å²) in [6.07, 6.45) is -4.58. The van der Waals surface area contributed by atoms with Crippen LogP contribution in [-0.4, -0.2) is 27.0 Å². The molecule has 2 N–H and O–H groups in total. The molecule has 0 radical (unpaired) electrons. The molecule has 0 aliphatic heterocycles. The lowest BCUT2D eigenvalue weighted by molar-refractivity contribution is -0.123. The largest absolute Gasteiger partial charge is 0.405 e. The van der Waals surface area contributed by atoms with Crippen LogP contribution in [0, 0.1) is 6.92 Å². The number of para-hydroxylation sites is 1.